The second-order valence-electron chi connectivity index (χ2n) is 11.7. The molecule has 0 aliphatic rings. The Morgan fingerprint density at radius 1 is 0.767 bits per heavy atom. The normalized spacial score (nSPS) is 13.0. The van der Waals surface area contributed by atoms with Gasteiger partial charge in [-0.2, -0.15) is 22.1 Å². The van der Waals surface area contributed by atoms with Crippen LogP contribution in [0.3, 0.4) is 0 Å². The number of nitrogens with zero attached hydrogens (tertiary/aromatic N) is 7. The van der Waals surface area contributed by atoms with Crippen LogP contribution in [0.2, 0.25) is 0 Å². The Morgan fingerprint density at radius 3 is 2.12 bits per heavy atom. The maximum Gasteiger partial charge on any atom is 0.296 e. The quantitative estimate of drug-likeness (QED) is 0.0130. The number of phenolic OH excluding ortho intramolecular Hbond substituents is 2. The molecule has 60 heavy (non-hydrogen) atoms. The summed E-state index contributed by atoms with van der Waals surface area (Å²) < 4.78 is 107. The van der Waals surface area contributed by atoms with E-state index in [1.165, 1.54) is 37.4 Å². The lowest BCUT2D eigenvalue weighted by Gasteiger charge is -2.22. The average molecular weight is 921 g/mol. The van der Waals surface area contributed by atoms with Gasteiger partial charge in [0, 0.05) is 33.2 Å². The van der Waals surface area contributed by atoms with E-state index in [0.29, 0.717) is 12.0 Å². The summed E-state index contributed by atoms with van der Waals surface area (Å²) in [6, 6.07) is 14.9. The fourth-order valence-corrected chi connectivity index (χ4v) is 8.66. The van der Waals surface area contributed by atoms with Gasteiger partial charge in [0.2, 0.25) is 0 Å². The van der Waals surface area contributed by atoms with Crippen LogP contribution < -0.4 is 10.5 Å². The number of thiophene rings is 1. The number of hydrogen-bond acceptors (Lipinski definition) is 23. The number of aromatic hydroxyl groups is 2. The molecule has 5 aromatic carbocycles. The zero-order chi connectivity index (χ0) is 43.7. The Labute approximate surface area is 346 Å². The van der Waals surface area contributed by atoms with E-state index in [0.717, 1.165) is 47.7 Å². The Balaban J connectivity index is 1.32. The van der Waals surface area contributed by atoms with Crippen LogP contribution in [0.15, 0.2) is 117 Å². The lowest BCUT2D eigenvalue weighted by atomic mass is 10.1. The number of phenols is 2. The molecule has 0 spiro atoms. The molecule has 10 N–H and O–H groups in total. The summed E-state index contributed by atoms with van der Waals surface area (Å²) in [5.74, 6) is -1.52. The van der Waals surface area contributed by atoms with Gasteiger partial charge in [-0.1, -0.05) is 28.5 Å². The highest BCUT2D eigenvalue weighted by Gasteiger charge is 2.27. The van der Waals surface area contributed by atoms with Gasteiger partial charge < -0.3 is 34.3 Å². The zero-order valence-corrected chi connectivity index (χ0v) is 33.6. The number of rotatable bonds is 13. The predicted octanol–water partition coefficient (Wildman–Crippen LogP) is 9.68. The van der Waals surface area contributed by atoms with Gasteiger partial charge in [-0.05, 0) is 47.9 Å². The van der Waals surface area contributed by atoms with Crippen LogP contribution in [0.4, 0.5) is 38.4 Å². The van der Waals surface area contributed by atoms with Crippen molar-refractivity contribution >= 4 is 114 Å². The summed E-state index contributed by atoms with van der Waals surface area (Å²) in [6.45, 7) is 0. The van der Waals surface area contributed by atoms with Gasteiger partial charge in [0.15, 0.2) is 10.8 Å². The molecule has 28 heteroatoms. The van der Waals surface area contributed by atoms with E-state index in [-0.39, 0.29) is 64.8 Å². The van der Waals surface area contributed by atoms with E-state index in [2.05, 4.69) is 40.1 Å². The van der Waals surface area contributed by atoms with Crippen LogP contribution in [0.5, 0.6) is 17.2 Å². The van der Waals surface area contributed by atoms with E-state index in [1.54, 1.807) is 0 Å². The standard InChI is InChI=1S/C32H24N8O15S5/c1-53-24-12-21(36-39-30-28(60(50,51)52)6-14-5-27(59(47,48)49)20(34)10-18(14)31(30)42)23(41)11-22(24)37-40-32-15(13-33)7-29(56-32)38-35-16-8-19-17(26(9-16)58(44,45)46)3-2-4-25(19)57-55-54-43/h2-12,41-43,50-52H,34H2,1H3,(H,44,45,46)(H,47,48,49). The monoisotopic (exact) mass is 920 g/mol. The van der Waals surface area contributed by atoms with Crippen molar-refractivity contribution in [3.05, 3.63) is 72.3 Å². The van der Waals surface area contributed by atoms with Crippen molar-refractivity contribution < 1.29 is 69.2 Å². The van der Waals surface area contributed by atoms with Gasteiger partial charge in [-0.3, -0.25) is 9.11 Å². The lowest BCUT2D eigenvalue weighted by molar-refractivity contribution is -0.432. The van der Waals surface area contributed by atoms with Crippen LogP contribution in [0.25, 0.3) is 21.5 Å². The second kappa shape index (κ2) is 17.0. The van der Waals surface area contributed by atoms with E-state index in [4.69, 9.17) is 15.7 Å². The largest absolute Gasteiger partial charge is 0.506 e. The van der Waals surface area contributed by atoms with Crippen LogP contribution in [-0.2, 0) is 29.6 Å². The number of ether oxygens (including phenoxy) is 1. The molecule has 1 heterocycles. The van der Waals surface area contributed by atoms with Crippen LogP contribution >= 0.6 is 34.3 Å². The van der Waals surface area contributed by atoms with Crippen molar-refractivity contribution in [1.82, 2.24) is 0 Å². The molecule has 6 aromatic rings. The molecule has 1 aromatic heterocycles. The van der Waals surface area contributed by atoms with E-state index in [9.17, 15) is 55.1 Å². The van der Waals surface area contributed by atoms with Crippen molar-refractivity contribution in [2.24, 2.45) is 30.7 Å². The third-order valence-corrected chi connectivity index (χ3v) is 12.2. The summed E-state index contributed by atoms with van der Waals surface area (Å²) in [5.41, 5.74) is 4.04. The molecule has 0 aliphatic heterocycles. The second-order valence-corrected chi connectivity index (χ2v) is 17.7. The third-order valence-electron chi connectivity index (χ3n) is 7.96. The summed E-state index contributed by atoms with van der Waals surface area (Å²) in [5, 5.41) is 67.7. The molecule has 0 radical (unpaired) electrons. The number of nitrogens with two attached hydrogens (primary N) is 1. The van der Waals surface area contributed by atoms with E-state index in [1.807, 2.05) is 6.07 Å². The van der Waals surface area contributed by atoms with Crippen LogP contribution in [0.1, 0.15) is 5.56 Å². The molecule has 0 atom stereocenters. The molecular formula is C32H24N8O15S5. The van der Waals surface area contributed by atoms with Crippen molar-refractivity contribution in [3.63, 3.8) is 0 Å². The number of fused-ring (bicyclic) bond motifs is 2. The molecule has 312 valence electrons. The Hall–Kier alpha value is -5.91. The number of hydrogen-bond donors (Lipinski definition) is 9. The summed E-state index contributed by atoms with van der Waals surface area (Å²) in [7, 11) is -13.0. The van der Waals surface area contributed by atoms with Crippen LogP contribution in [-0.4, -0.2) is 62.2 Å². The molecule has 0 saturated heterocycles. The van der Waals surface area contributed by atoms with Gasteiger partial charge in [0.05, 0.1) is 41.0 Å². The third kappa shape index (κ3) is 9.27. The molecule has 0 saturated carbocycles. The first kappa shape index (κ1) is 43.7. The molecule has 0 unspecified atom stereocenters. The molecule has 6 rings (SSSR count). The van der Waals surface area contributed by atoms with Gasteiger partial charge in [-0.15, -0.1) is 35.0 Å². The van der Waals surface area contributed by atoms with Crippen molar-refractivity contribution in [2.75, 3.05) is 12.8 Å². The minimum atomic E-state index is -4.84. The Morgan fingerprint density at radius 2 is 1.47 bits per heavy atom. The van der Waals surface area contributed by atoms with Crippen molar-refractivity contribution in [1.29, 1.82) is 5.26 Å². The number of nitriles is 1. The summed E-state index contributed by atoms with van der Waals surface area (Å²) in [6.07, 6.45) is 0. The Kier molecular flexibility index (Phi) is 12.4. The van der Waals surface area contributed by atoms with E-state index >= 15 is 0 Å². The SMILES string of the molecule is COc1cc(N=Nc2c(S(O)(O)O)cc3cc(S(=O)(=O)O)c(N)cc3c2O)c(O)cc1N=Nc1sc(N=Nc2cc(S(=O)(=O)O)c3cccc(SOOO)c3c2)cc1C#N. The van der Waals surface area contributed by atoms with Crippen molar-refractivity contribution in [3.8, 4) is 23.3 Å². The maximum absolute atomic E-state index is 12.2. The number of methoxy groups -OCH3 is 1. The molecule has 0 amide bonds. The number of nitrogen functional groups attached to an aromatic ring is 1. The number of benzene rings is 5. The predicted molar refractivity (Wildman–Crippen MR) is 214 cm³/mol. The van der Waals surface area contributed by atoms with Gasteiger partial charge in [0.1, 0.15) is 60.3 Å². The van der Waals surface area contributed by atoms with Gasteiger partial charge >= 0.3 is 0 Å². The van der Waals surface area contributed by atoms with Crippen molar-refractivity contribution in [2.45, 2.75) is 19.6 Å². The molecule has 0 fully saturated rings. The van der Waals surface area contributed by atoms with Gasteiger partial charge in [0.25, 0.3) is 20.2 Å². The molecule has 0 bridgehead atoms. The zero-order valence-electron chi connectivity index (χ0n) is 29.5. The smallest absolute Gasteiger partial charge is 0.296 e. The summed E-state index contributed by atoms with van der Waals surface area (Å²) >= 11 is 1.38. The Bertz CT molecular complexity index is 3070. The van der Waals surface area contributed by atoms with Gasteiger partial charge in [-0.25, -0.2) is 5.26 Å². The first-order chi connectivity index (χ1) is 28.2. The highest BCUT2D eigenvalue weighted by atomic mass is 32.3. The lowest BCUT2D eigenvalue weighted by Crippen LogP contribution is -2.03. The average Bonchev–Trinajstić information content (AvgIpc) is 3.59. The van der Waals surface area contributed by atoms with Crippen LogP contribution in [0, 0.1) is 11.3 Å². The topological polar surface area (TPSA) is 382 Å². The first-order valence-electron chi connectivity index (χ1n) is 15.7. The molecule has 0 aliphatic carbocycles. The molecule has 23 nitrogen and oxygen atoms in total. The highest BCUT2D eigenvalue weighted by Crippen LogP contribution is 2.55. The minimum Gasteiger partial charge on any atom is -0.506 e. The number of azo groups is 3. The summed E-state index contributed by atoms with van der Waals surface area (Å²) in [4.78, 5) is -1.80. The number of anilines is 1. The highest BCUT2D eigenvalue weighted by molar-refractivity contribution is 8.19. The fourth-order valence-electron chi connectivity index (χ4n) is 5.38. The van der Waals surface area contributed by atoms with E-state index < -0.39 is 68.7 Å². The fraction of sp³-hybridized carbons (Fsp3) is 0.0312. The molecular weight excluding hydrogens is 897 g/mol. The maximum atomic E-state index is 12.2. The minimum absolute atomic E-state index is 0.0138. The first-order valence-corrected chi connectivity index (χ1v) is 21.6.